The molecule has 1 aliphatic rings. The van der Waals surface area contributed by atoms with Gasteiger partial charge in [0.25, 0.3) is 0 Å². The van der Waals surface area contributed by atoms with Gasteiger partial charge in [-0.15, -0.1) is 0 Å². The Kier molecular flexibility index (Phi) is 5.47. The van der Waals surface area contributed by atoms with Crippen molar-refractivity contribution in [2.24, 2.45) is 11.3 Å². The first-order valence-corrected chi connectivity index (χ1v) is 8.86. The van der Waals surface area contributed by atoms with Crippen LogP contribution < -0.4 is 4.72 Å². The van der Waals surface area contributed by atoms with Crippen LogP contribution in [0.4, 0.5) is 0 Å². The lowest BCUT2D eigenvalue weighted by Crippen LogP contribution is -2.32. The second-order valence-corrected chi connectivity index (χ2v) is 9.48. The minimum Gasteiger partial charge on any atom is -0.215 e. The molecule has 0 bridgehead atoms. The van der Waals surface area contributed by atoms with E-state index in [1.807, 2.05) is 0 Å². The van der Waals surface area contributed by atoms with Crippen molar-refractivity contribution in [2.75, 3.05) is 12.3 Å². The van der Waals surface area contributed by atoms with E-state index in [0.717, 1.165) is 19.3 Å². The van der Waals surface area contributed by atoms with Gasteiger partial charge in [-0.25, -0.2) is 13.1 Å². The second-order valence-electron chi connectivity index (χ2n) is 6.25. The van der Waals surface area contributed by atoms with Crippen molar-refractivity contribution < 1.29 is 8.42 Å². The topological polar surface area (TPSA) is 46.2 Å². The van der Waals surface area contributed by atoms with Crippen LogP contribution in [0.25, 0.3) is 0 Å². The smallest absolute Gasteiger partial charge is 0.211 e. The first-order chi connectivity index (χ1) is 7.68. The van der Waals surface area contributed by atoms with Gasteiger partial charge < -0.3 is 0 Å². The van der Waals surface area contributed by atoms with Crippen LogP contribution in [0.3, 0.4) is 0 Å². The van der Waals surface area contributed by atoms with Crippen molar-refractivity contribution in [1.29, 1.82) is 0 Å². The lowest BCUT2D eigenvalue weighted by molar-refractivity contribution is 0.395. The lowest BCUT2D eigenvalue weighted by Gasteiger charge is -2.18. The molecule has 1 saturated carbocycles. The van der Waals surface area contributed by atoms with Crippen molar-refractivity contribution >= 4 is 26.0 Å². The zero-order valence-corrected chi connectivity index (χ0v) is 13.4. The standard InChI is InChI=1S/C12H24BrNO2S/c1-12(2,3)6-7-17(15,16)14-9-10-4-5-11(13)8-10/h10-11,14H,4-9H2,1-3H3. The largest absolute Gasteiger partial charge is 0.215 e. The van der Waals surface area contributed by atoms with Gasteiger partial charge in [0.2, 0.25) is 10.0 Å². The van der Waals surface area contributed by atoms with Crippen LogP contribution in [0.15, 0.2) is 0 Å². The first-order valence-electron chi connectivity index (χ1n) is 6.29. The zero-order valence-electron chi connectivity index (χ0n) is 11.0. The molecule has 2 unspecified atom stereocenters. The molecule has 102 valence electrons. The molecule has 3 nitrogen and oxygen atoms in total. The molecule has 0 aromatic carbocycles. The summed E-state index contributed by atoms with van der Waals surface area (Å²) in [7, 11) is -3.09. The number of sulfonamides is 1. The van der Waals surface area contributed by atoms with Gasteiger partial charge in [-0.3, -0.25) is 0 Å². The fraction of sp³-hybridized carbons (Fsp3) is 1.00. The minimum absolute atomic E-state index is 0.0725. The van der Waals surface area contributed by atoms with Crippen LogP contribution in [0.1, 0.15) is 46.5 Å². The molecule has 1 aliphatic carbocycles. The monoisotopic (exact) mass is 325 g/mol. The molecule has 0 aliphatic heterocycles. The maximum absolute atomic E-state index is 11.8. The van der Waals surface area contributed by atoms with Crippen LogP contribution in [0, 0.1) is 11.3 Å². The molecule has 0 spiro atoms. The molecule has 0 aromatic heterocycles. The summed E-state index contributed by atoms with van der Waals surface area (Å²) in [5.41, 5.74) is 0.0725. The average molecular weight is 326 g/mol. The van der Waals surface area contributed by atoms with Gasteiger partial charge in [0.15, 0.2) is 0 Å². The molecule has 2 atom stereocenters. The Hall–Kier alpha value is 0.390. The third-order valence-corrected chi connectivity index (χ3v) is 5.37. The molecular weight excluding hydrogens is 302 g/mol. The highest BCUT2D eigenvalue weighted by molar-refractivity contribution is 9.09. The fourth-order valence-electron chi connectivity index (χ4n) is 1.96. The highest BCUT2D eigenvalue weighted by Crippen LogP contribution is 2.30. The summed E-state index contributed by atoms with van der Waals surface area (Å²) in [5, 5.41) is 0. The Morgan fingerprint density at radius 2 is 1.94 bits per heavy atom. The number of hydrogen-bond donors (Lipinski definition) is 1. The first kappa shape index (κ1) is 15.4. The Balaban J connectivity index is 2.30. The number of alkyl halides is 1. The lowest BCUT2D eigenvalue weighted by atomic mass is 9.94. The van der Waals surface area contributed by atoms with Gasteiger partial charge in [0.1, 0.15) is 0 Å². The number of rotatable bonds is 5. The third-order valence-electron chi connectivity index (χ3n) is 3.19. The van der Waals surface area contributed by atoms with E-state index in [-0.39, 0.29) is 11.2 Å². The van der Waals surface area contributed by atoms with Crippen LogP contribution in [-0.2, 0) is 10.0 Å². The second kappa shape index (κ2) is 6.02. The molecule has 1 rings (SSSR count). The molecule has 5 heteroatoms. The quantitative estimate of drug-likeness (QED) is 0.790. The Morgan fingerprint density at radius 3 is 2.41 bits per heavy atom. The van der Waals surface area contributed by atoms with Gasteiger partial charge in [-0.1, -0.05) is 36.7 Å². The van der Waals surface area contributed by atoms with Gasteiger partial charge >= 0.3 is 0 Å². The highest BCUT2D eigenvalue weighted by atomic mass is 79.9. The van der Waals surface area contributed by atoms with E-state index in [0.29, 0.717) is 23.7 Å². The zero-order chi connectivity index (χ0) is 13.1. The molecule has 1 N–H and O–H groups in total. The fourth-order valence-corrected chi connectivity index (χ4v) is 4.26. The third kappa shape index (κ3) is 6.77. The van der Waals surface area contributed by atoms with Crippen LogP contribution in [0.2, 0.25) is 0 Å². The van der Waals surface area contributed by atoms with E-state index in [1.54, 1.807) is 0 Å². The maximum Gasteiger partial charge on any atom is 0.211 e. The van der Waals surface area contributed by atoms with E-state index in [4.69, 9.17) is 0 Å². The van der Waals surface area contributed by atoms with Gasteiger partial charge in [-0.2, -0.15) is 0 Å². The van der Waals surface area contributed by atoms with Crippen molar-refractivity contribution in [1.82, 2.24) is 4.72 Å². The summed E-state index contributed by atoms with van der Waals surface area (Å²) in [6, 6.07) is 0. The summed E-state index contributed by atoms with van der Waals surface area (Å²) in [6.07, 6.45) is 4.07. The van der Waals surface area contributed by atoms with E-state index in [2.05, 4.69) is 41.4 Å². The molecule has 0 amide bonds. The van der Waals surface area contributed by atoms with Gasteiger partial charge in [0, 0.05) is 11.4 Å². The average Bonchev–Trinajstić information content (AvgIpc) is 2.58. The summed E-state index contributed by atoms with van der Waals surface area (Å²) in [5.74, 6) is 0.741. The molecule has 0 heterocycles. The summed E-state index contributed by atoms with van der Waals surface area (Å²) < 4.78 is 26.3. The van der Waals surface area contributed by atoms with E-state index in [9.17, 15) is 8.42 Å². The summed E-state index contributed by atoms with van der Waals surface area (Å²) in [6.45, 7) is 6.80. The van der Waals surface area contributed by atoms with E-state index >= 15 is 0 Å². The molecule has 0 radical (unpaired) electrons. The summed E-state index contributed by atoms with van der Waals surface area (Å²) >= 11 is 3.58. The van der Waals surface area contributed by atoms with Gasteiger partial charge in [0.05, 0.1) is 5.75 Å². The molecular formula is C12H24BrNO2S. The molecule has 17 heavy (non-hydrogen) atoms. The molecule has 0 saturated heterocycles. The highest BCUT2D eigenvalue weighted by Gasteiger charge is 2.24. The van der Waals surface area contributed by atoms with Crippen molar-refractivity contribution in [3.63, 3.8) is 0 Å². The van der Waals surface area contributed by atoms with Crippen LogP contribution in [0.5, 0.6) is 0 Å². The number of nitrogens with one attached hydrogen (secondary N) is 1. The van der Waals surface area contributed by atoms with Crippen molar-refractivity contribution in [2.45, 2.75) is 51.3 Å². The number of halogens is 1. The Labute approximate surface area is 114 Å². The van der Waals surface area contributed by atoms with Crippen LogP contribution in [-0.4, -0.2) is 25.5 Å². The minimum atomic E-state index is -3.09. The normalized spacial score (nSPS) is 26.4. The van der Waals surface area contributed by atoms with E-state index in [1.165, 1.54) is 0 Å². The Bertz CT molecular complexity index is 335. The van der Waals surface area contributed by atoms with E-state index < -0.39 is 10.0 Å². The predicted molar refractivity (Wildman–Crippen MR) is 75.9 cm³/mol. The number of hydrogen-bond acceptors (Lipinski definition) is 2. The SMILES string of the molecule is CC(C)(C)CCS(=O)(=O)NCC1CCC(Br)C1. The Morgan fingerprint density at radius 1 is 1.29 bits per heavy atom. The molecule has 0 aromatic rings. The van der Waals surface area contributed by atoms with Gasteiger partial charge in [-0.05, 0) is 37.0 Å². The van der Waals surface area contributed by atoms with Crippen molar-refractivity contribution in [3.05, 3.63) is 0 Å². The predicted octanol–water partition coefficient (Wildman–Crippen LogP) is 2.91. The maximum atomic E-state index is 11.8. The summed E-state index contributed by atoms with van der Waals surface area (Å²) in [4.78, 5) is 0.576. The van der Waals surface area contributed by atoms with Crippen LogP contribution >= 0.6 is 15.9 Å². The van der Waals surface area contributed by atoms with Crippen molar-refractivity contribution in [3.8, 4) is 0 Å². The molecule has 1 fully saturated rings.